The Hall–Kier alpha value is -0.710. The molecule has 1 saturated heterocycles. The molecule has 1 heterocycles. The fraction of sp³-hybridized carbons (Fsp3) is 0.600. The van der Waals surface area contributed by atoms with E-state index in [9.17, 15) is 4.79 Å². The highest BCUT2D eigenvalue weighted by atomic mass is 32.2. The number of hydrogen-bond donors (Lipinski definition) is 2. The molecule has 10 heavy (non-hydrogen) atoms. The highest BCUT2D eigenvalue weighted by molar-refractivity contribution is 8.16. The van der Waals surface area contributed by atoms with Crippen molar-refractivity contribution in [3.05, 3.63) is 0 Å². The number of thioether (sulfide) groups is 1. The maximum absolute atomic E-state index is 10.9. The third-order valence-corrected chi connectivity index (χ3v) is 2.28. The molecule has 1 aliphatic heterocycles. The second-order valence-corrected chi connectivity index (χ2v) is 4.08. The van der Waals surface area contributed by atoms with Gasteiger partial charge in [-0.15, -0.1) is 0 Å². The second-order valence-electron chi connectivity index (χ2n) is 2.47. The molecule has 2 N–H and O–H groups in total. The van der Waals surface area contributed by atoms with E-state index in [1.54, 1.807) is 13.8 Å². The zero-order chi connectivity index (χ0) is 7.78. The van der Waals surface area contributed by atoms with Crippen molar-refractivity contribution in [2.45, 2.75) is 18.6 Å². The average molecular weight is 160 g/mol. The van der Waals surface area contributed by atoms with Crippen LogP contribution < -0.4 is 5.32 Å². The van der Waals surface area contributed by atoms with Gasteiger partial charge in [0, 0.05) is 0 Å². The van der Waals surface area contributed by atoms with Crippen LogP contribution in [0.5, 0.6) is 0 Å². The molecular formula is C5H8N2O2S. The lowest BCUT2D eigenvalue weighted by atomic mass is 10.2. The monoisotopic (exact) mass is 160 g/mol. The molecule has 0 aromatic carbocycles. The highest BCUT2D eigenvalue weighted by Gasteiger charge is 2.38. The molecule has 0 saturated carbocycles. The molecule has 0 spiro atoms. The SMILES string of the molecule is CC1(C)S/C(=N\O)NC1=O. The Morgan fingerprint density at radius 3 is 2.50 bits per heavy atom. The molecule has 4 nitrogen and oxygen atoms in total. The minimum Gasteiger partial charge on any atom is -0.409 e. The van der Waals surface area contributed by atoms with E-state index in [2.05, 4.69) is 10.5 Å². The normalized spacial score (nSPS) is 27.0. The van der Waals surface area contributed by atoms with Crippen LogP contribution in [0, 0.1) is 0 Å². The lowest BCUT2D eigenvalue weighted by Crippen LogP contribution is -2.30. The number of nitrogens with zero attached hydrogens (tertiary/aromatic N) is 1. The van der Waals surface area contributed by atoms with Gasteiger partial charge < -0.3 is 10.5 Å². The first-order valence-corrected chi connectivity index (χ1v) is 3.60. The van der Waals surface area contributed by atoms with Gasteiger partial charge in [-0.3, -0.25) is 4.79 Å². The summed E-state index contributed by atoms with van der Waals surface area (Å²) in [7, 11) is 0. The first-order valence-electron chi connectivity index (χ1n) is 2.79. The molecule has 1 amide bonds. The predicted molar refractivity (Wildman–Crippen MR) is 39.0 cm³/mol. The Labute approximate surface area is 62.7 Å². The molecule has 1 aliphatic rings. The average Bonchev–Trinajstić information content (AvgIpc) is 2.08. The second kappa shape index (κ2) is 2.16. The zero-order valence-corrected chi connectivity index (χ0v) is 6.53. The van der Waals surface area contributed by atoms with Crippen LogP contribution in [-0.2, 0) is 4.79 Å². The molecule has 0 radical (unpaired) electrons. The Balaban J connectivity index is 2.81. The molecule has 56 valence electrons. The fourth-order valence-electron chi connectivity index (χ4n) is 0.607. The van der Waals surface area contributed by atoms with Gasteiger partial charge in [-0.05, 0) is 13.8 Å². The standard InChI is InChI=1S/C5H8N2O2S/c1-5(2)3(8)6-4(7-9)10-5/h9H,1-2H3,(H,6,7,8). The molecule has 0 aliphatic carbocycles. The van der Waals surface area contributed by atoms with Crippen molar-refractivity contribution in [1.82, 2.24) is 5.32 Å². The number of carbonyl (C=O) groups excluding carboxylic acids is 1. The van der Waals surface area contributed by atoms with Gasteiger partial charge in [-0.25, -0.2) is 0 Å². The van der Waals surface area contributed by atoms with E-state index in [-0.39, 0.29) is 11.1 Å². The molecule has 0 bridgehead atoms. The van der Waals surface area contributed by atoms with E-state index in [0.29, 0.717) is 0 Å². The number of rotatable bonds is 0. The van der Waals surface area contributed by atoms with Crippen LogP contribution >= 0.6 is 11.8 Å². The van der Waals surface area contributed by atoms with Gasteiger partial charge in [0.15, 0.2) is 0 Å². The number of oxime groups is 1. The molecule has 1 rings (SSSR count). The largest absolute Gasteiger partial charge is 0.409 e. The Kier molecular flexibility index (Phi) is 1.60. The topological polar surface area (TPSA) is 61.7 Å². The number of nitrogens with one attached hydrogen (secondary N) is 1. The van der Waals surface area contributed by atoms with Gasteiger partial charge in [0.05, 0.1) is 4.75 Å². The number of hydrogen-bond acceptors (Lipinski definition) is 4. The van der Waals surface area contributed by atoms with Crippen molar-refractivity contribution < 1.29 is 10.0 Å². The van der Waals surface area contributed by atoms with Crippen LogP contribution in [0.3, 0.4) is 0 Å². The van der Waals surface area contributed by atoms with Gasteiger partial charge in [-0.1, -0.05) is 16.9 Å². The van der Waals surface area contributed by atoms with Gasteiger partial charge in [0.25, 0.3) is 0 Å². The van der Waals surface area contributed by atoms with Gasteiger partial charge in [0.2, 0.25) is 11.1 Å². The van der Waals surface area contributed by atoms with E-state index in [1.807, 2.05) is 0 Å². The molecule has 0 atom stereocenters. The van der Waals surface area contributed by atoms with E-state index >= 15 is 0 Å². The summed E-state index contributed by atoms with van der Waals surface area (Å²) in [5.74, 6) is -0.120. The molecule has 0 unspecified atom stereocenters. The van der Waals surface area contributed by atoms with Crippen molar-refractivity contribution >= 4 is 22.8 Å². The van der Waals surface area contributed by atoms with Crippen LogP contribution in [-0.4, -0.2) is 21.0 Å². The van der Waals surface area contributed by atoms with Crippen LogP contribution in [0.2, 0.25) is 0 Å². The van der Waals surface area contributed by atoms with Crippen molar-refractivity contribution in [3.8, 4) is 0 Å². The molecule has 0 aromatic rings. The molecular weight excluding hydrogens is 152 g/mol. The van der Waals surface area contributed by atoms with Crippen LogP contribution in [0.4, 0.5) is 0 Å². The summed E-state index contributed by atoms with van der Waals surface area (Å²) in [6.45, 7) is 3.54. The Morgan fingerprint density at radius 2 is 2.30 bits per heavy atom. The summed E-state index contributed by atoms with van der Waals surface area (Å²) >= 11 is 1.22. The maximum atomic E-state index is 10.9. The van der Waals surface area contributed by atoms with Crippen LogP contribution in [0.1, 0.15) is 13.8 Å². The highest BCUT2D eigenvalue weighted by Crippen LogP contribution is 2.30. The third-order valence-electron chi connectivity index (χ3n) is 1.21. The lowest BCUT2D eigenvalue weighted by Gasteiger charge is -2.08. The van der Waals surface area contributed by atoms with E-state index in [1.165, 1.54) is 11.8 Å². The van der Waals surface area contributed by atoms with Gasteiger partial charge >= 0.3 is 0 Å². The minimum absolute atomic E-state index is 0.120. The predicted octanol–water partition coefficient (Wildman–Crippen LogP) is 0.373. The van der Waals surface area contributed by atoms with Crippen LogP contribution in [0.25, 0.3) is 0 Å². The summed E-state index contributed by atoms with van der Waals surface area (Å²) in [6, 6.07) is 0. The van der Waals surface area contributed by atoms with Crippen molar-refractivity contribution in [1.29, 1.82) is 0 Å². The quantitative estimate of drug-likeness (QED) is 0.397. The van der Waals surface area contributed by atoms with E-state index in [0.717, 1.165) is 0 Å². The van der Waals surface area contributed by atoms with Crippen molar-refractivity contribution in [2.24, 2.45) is 5.16 Å². The zero-order valence-electron chi connectivity index (χ0n) is 5.71. The number of amidine groups is 1. The summed E-state index contributed by atoms with van der Waals surface area (Å²) in [5.41, 5.74) is 0. The summed E-state index contributed by atoms with van der Waals surface area (Å²) < 4.78 is -0.498. The third kappa shape index (κ3) is 1.09. The molecule has 0 aromatic heterocycles. The van der Waals surface area contributed by atoms with Gasteiger partial charge in [0.1, 0.15) is 0 Å². The van der Waals surface area contributed by atoms with Crippen LogP contribution in [0.15, 0.2) is 5.16 Å². The van der Waals surface area contributed by atoms with Crippen molar-refractivity contribution in [2.75, 3.05) is 0 Å². The Morgan fingerprint density at radius 1 is 1.70 bits per heavy atom. The number of carbonyl (C=O) groups is 1. The van der Waals surface area contributed by atoms with E-state index < -0.39 is 4.75 Å². The first-order chi connectivity index (χ1) is 4.56. The molecule has 5 heteroatoms. The molecule has 1 fully saturated rings. The summed E-state index contributed by atoms with van der Waals surface area (Å²) in [5, 5.41) is 13.8. The van der Waals surface area contributed by atoms with Gasteiger partial charge in [-0.2, -0.15) is 0 Å². The Bertz CT molecular complexity index is 200. The smallest absolute Gasteiger partial charge is 0.242 e. The summed E-state index contributed by atoms with van der Waals surface area (Å²) in [4.78, 5) is 10.9. The maximum Gasteiger partial charge on any atom is 0.242 e. The minimum atomic E-state index is -0.498. The van der Waals surface area contributed by atoms with E-state index in [4.69, 9.17) is 5.21 Å². The lowest BCUT2D eigenvalue weighted by molar-refractivity contribution is -0.120. The first kappa shape index (κ1) is 7.40. The summed E-state index contributed by atoms with van der Waals surface area (Å²) in [6.07, 6.45) is 0. The number of amides is 1. The van der Waals surface area contributed by atoms with Crippen molar-refractivity contribution in [3.63, 3.8) is 0 Å². The fourth-order valence-corrected chi connectivity index (χ4v) is 1.42.